The van der Waals surface area contributed by atoms with E-state index in [1.165, 1.54) is 236 Å². The molecule has 0 unspecified atom stereocenters. The van der Waals surface area contributed by atoms with Crippen molar-refractivity contribution in [1.29, 1.82) is 0 Å². The standard InChI is InChI=1S/12C6H15N.6BFO2/c12*1-4-7(5-2)6-3;6*2-1(3)4/h12*4-6H2,1-3H3;;;;;;/q;;;;;;;;;;;;6*-2/p+12. The van der Waals surface area contributed by atoms with Crippen molar-refractivity contribution >= 4 is 44.4 Å². The Labute approximate surface area is 671 Å². The monoisotopic (exact) mass is 1600 g/mol. The van der Waals surface area contributed by atoms with Gasteiger partial charge in [-0.15, -0.1) is 0 Å². The van der Waals surface area contributed by atoms with Crippen LogP contribution >= 0.6 is 0 Å². The smallest absolute Gasteiger partial charge is 0.121 e. The van der Waals surface area contributed by atoms with Gasteiger partial charge in [0.05, 0.1) is 236 Å². The van der Waals surface area contributed by atoms with Crippen molar-refractivity contribution in [3.8, 4) is 0 Å². The molecular weight excluding hydrogens is 1400 g/mol. The lowest BCUT2D eigenvalue weighted by atomic mass is 10.3. The molecule has 0 atom stereocenters. The van der Waals surface area contributed by atoms with E-state index in [0.717, 1.165) is 0 Å². The van der Waals surface area contributed by atoms with Crippen LogP contribution in [0.25, 0.3) is 0 Å². The molecule has 0 aromatic carbocycles. The third-order valence-electron chi connectivity index (χ3n) is 18.0. The van der Waals surface area contributed by atoms with Gasteiger partial charge in [-0.25, -0.2) is 0 Å². The summed E-state index contributed by atoms with van der Waals surface area (Å²) in [4.78, 5) is 20.2. The molecule has 0 spiro atoms. The summed E-state index contributed by atoms with van der Waals surface area (Å²) in [6.07, 6.45) is 0. The van der Waals surface area contributed by atoms with Crippen LogP contribution in [0.15, 0.2) is 0 Å². The SMILES string of the molecule is CC[NH+](CC)CC.CC[NH+](CC)CC.CC[NH+](CC)CC.CC[NH+](CC)CC.CC[NH+](CC)CC.CC[NH+](CC)CC.CC[NH+](CC)CC.CC[NH+](CC)CC.CC[NH+](CC)CC.CC[NH+](CC)CC.CC[NH+](CC)CC.CC[NH+](CC)CC.[O-]B([O-])F.[O-]B([O-])F.[O-]B([O-])F.[O-]B([O-])F.[O-]B([O-])F.[O-]B([O-])F. The first-order valence-electron chi connectivity index (χ1n) is 42.3. The number of hydrogen-bond acceptors (Lipinski definition) is 12. The van der Waals surface area contributed by atoms with Crippen LogP contribution in [0.3, 0.4) is 0 Å². The summed E-state index contributed by atoms with van der Waals surface area (Å²) in [6.45, 7) is 126. The minimum atomic E-state index is -3.17. The lowest BCUT2D eigenvalue weighted by Gasteiger charge is -2.10. The fraction of sp³-hybridized carbons (Fsp3) is 1.00. The van der Waals surface area contributed by atoms with Gasteiger partial charge in [0.2, 0.25) is 0 Å². The van der Waals surface area contributed by atoms with Gasteiger partial charge in [-0.1, -0.05) is 0 Å². The number of hydrogen-bond donors (Lipinski definition) is 12. The summed E-state index contributed by atoms with van der Waals surface area (Å²) in [5.74, 6) is 0. The molecule has 12 N–H and O–H groups in total. The van der Waals surface area contributed by atoms with Crippen LogP contribution in [0, 0.1) is 0 Å². The highest BCUT2D eigenvalue weighted by Gasteiger charge is 2.00. The molecule has 0 rings (SSSR count). The van der Waals surface area contributed by atoms with Gasteiger partial charge in [0.15, 0.2) is 0 Å². The summed E-state index contributed by atoms with van der Waals surface area (Å²) < 4.78 is 59.3. The summed E-state index contributed by atoms with van der Waals surface area (Å²) >= 11 is 0. The molecule has 0 aliphatic carbocycles. The molecule has 0 radical (unpaired) electrons. The van der Waals surface area contributed by atoms with Gasteiger partial charge in [-0.3, -0.25) is 0 Å². The largest absolute Gasteiger partial charge is 0.867 e. The lowest BCUT2D eigenvalue weighted by Crippen LogP contribution is -3.11. The van der Waals surface area contributed by atoms with E-state index >= 15 is 0 Å². The van der Waals surface area contributed by atoms with Gasteiger partial charge in [0, 0.05) is 0 Å². The summed E-state index contributed by atoms with van der Waals surface area (Å²) in [5, 5.41) is 99.7. The van der Waals surface area contributed by atoms with E-state index in [1.54, 1.807) is 58.8 Å². The van der Waals surface area contributed by atoms with Gasteiger partial charge in [0.1, 0.15) is 44.4 Å². The Hall–Kier alpha value is -0.990. The average Bonchev–Trinajstić information content (AvgIpc) is 3.21. The van der Waals surface area contributed by atoms with Crippen LogP contribution in [0.5, 0.6) is 0 Å². The normalized spacial score (nSPS) is 9.50. The van der Waals surface area contributed by atoms with E-state index in [4.69, 9.17) is 60.3 Å². The Morgan fingerprint density at radius 3 is 0.130 bits per heavy atom. The predicted molar refractivity (Wildman–Crippen MR) is 432 cm³/mol. The molecule has 0 bridgehead atoms. The zero-order chi connectivity index (χ0) is 89.8. The van der Waals surface area contributed by atoms with Crippen molar-refractivity contribution in [3.63, 3.8) is 0 Å². The second-order valence-corrected chi connectivity index (χ2v) is 23.4. The zero-order valence-corrected chi connectivity index (χ0v) is 78.1. The van der Waals surface area contributed by atoms with Crippen molar-refractivity contribution < 1.29 is 145 Å². The maximum atomic E-state index is 9.89. The lowest BCUT2D eigenvalue weighted by molar-refractivity contribution is -0.894. The molecule has 0 saturated carbocycles. The molecule has 0 amide bonds. The molecule has 0 aliphatic heterocycles. The third kappa shape index (κ3) is 225. The molecule has 108 heavy (non-hydrogen) atoms. The summed E-state index contributed by atoms with van der Waals surface area (Å²) in [7, 11) is -19.0. The van der Waals surface area contributed by atoms with E-state index in [0.29, 0.717) is 0 Å². The average molecular weight is 1600 g/mol. The van der Waals surface area contributed by atoms with Gasteiger partial charge in [-0.2, -0.15) is 0 Å². The number of nitrogens with one attached hydrogen (secondary N) is 12. The maximum Gasteiger partial charge on any atom is 0.121 e. The molecule has 36 heteroatoms. The minimum Gasteiger partial charge on any atom is -0.867 e. The number of quaternary nitrogens is 12. The van der Waals surface area contributed by atoms with E-state index < -0.39 is 44.4 Å². The highest BCUT2D eigenvalue weighted by Crippen LogP contribution is 1.54. The second-order valence-electron chi connectivity index (χ2n) is 23.4. The van der Waals surface area contributed by atoms with Crippen LogP contribution in [-0.2, 0) is 0 Å². The van der Waals surface area contributed by atoms with E-state index in [9.17, 15) is 25.9 Å². The Balaban J connectivity index is -0.0000000498. The second kappa shape index (κ2) is 148. The summed E-state index contributed by atoms with van der Waals surface area (Å²) in [6, 6.07) is 0. The van der Waals surface area contributed by atoms with Gasteiger partial charge in [0.25, 0.3) is 0 Å². The van der Waals surface area contributed by atoms with Crippen LogP contribution in [0.2, 0.25) is 0 Å². The molecule has 672 valence electrons. The highest BCUT2D eigenvalue weighted by atomic mass is 19.1. The van der Waals surface area contributed by atoms with Crippen LogP contribution < -0.4 is 119 Å². The Kier molecular flexibility index (Phi) is 207. The summed E-state index contributed by atoms with van der Waals surface area (Å²) in [5.41, 5.74) is 0. The van der Waals surface area contributed by atoms with Crippen molar-refractivity contribution in [3.05, 3.63) is 0 Å². The Morgan fingerprint density at radius 1 is 0.111 bits per heavy atom. The van der Waals surface area contributed by atoms with E-state index in [-0.39, 0.29) is 0 Å². The predicted octanol–water partition coefficient (Wildman–Crippen LogP) is -14.9. The first-order valence-corrected chi connectivity index (χ1v) is 42.3. The first kappa shape index (κ1) is 152. The quantitative estimate of drug-likeness (QED) is 0.0206. The molecule has 0 saturated heterocycles. The fourth-order valence-corrected chi connectivity index (χ4v) is 9.00. The minimum absolute atomic E-state index is 1.27. The first-order chi connectivity index (χ1) is 50.5. The Morgan fingerprint density at radius 2 is 0.130 bits per heavy atom. The van der Waals surface area contributed by atoms with E-state index in [1.807, 2.05) is 0 Å². The molecule has 0 heterocycles. The molecule has 24 nitrogen and oxygen atoms in total. The zero-order valence-electron chi connectivity index (χ0n) is 78.1. The van der Waals surface area contributed by atoms with Crippen LogP contribution in [0.4, 0.5) is 25.9 Å². The third-order valence-corrected chi connectivity index (χ3v) is 18.0. The maximum absolute atomic E-state index is 9.89. The molecule has 0 fully saturated rings. The van der Waals surface area contributed by atoms with Crippen molar-refractivity contribution in [1.82, 2.24) is 0 Å². The van der Waals surface area contributed by atoms with Crippen molar-refractivity contribution in [2.75, 3.05) is 236 Å². The molecular formula is C72H192B6F6N12O12. The molecule has 0 aromatic rings. The van der Waals surface area contributed by atoms with Gasteiger partial charge >= 0.3 is 0 Å². The van der Waals surface area contributed by atoms with Crippen LogP contribution in [0.1, 0.15) is 249 Å². The van der Waals surface area contributed by atoms with Gasteiger partial charge in [-0.05, 0) is 249 Å². The fourth-order valence-electron chi connectivity index (χ4n) is 9.00. The molecule has 0 aliphatic rings. The number of halogens is 6. The highest BCUT2D eigenvalue weighted by molar-refractivity contribution is 6.28. The topological polar surface area (TPSA) is 330 Å². The van der Waals surface area contributed by atoms with Crippen LogP contribution in [-0.4, -0.2) is 280 Å². The van der Waals surface area contributed by atoms with Crippen molar-refractivity contribution in [2.45, 2.75) is 249 Å². The number of rotatable bonds is 36. The Bertz CT molecular complexity index is 889. The van der Waals surface area contributed by atoms with Gasteiger partial charge < -0.3 is 145 Å². The van der Waals surface area contributed by atoms with E-state index in [2.05, 4.69) is 249 Å². The van der Waals surface area contributed by atoms with Crippen molar-refractivity contribution in [2.24, 2.45) is 0 Å². The molecule has 0 aromatic heterocycles.